The third-order valence-electron chi connectivity index (χ3n) is 3.89. The Morgan fingerprint density at radius 1 is 1.57 bits per heavy atom. The standard InChI is InChI=1S/C15H18N2O2S2/c1-15(2,11-4-3-7-20-11)8-16-14-17-12-9(13(18)19)5-6-10(12)21-14/h3-4,7,9H,5-6,8H2,1-2H3,(H,16,17)(H,18,19). The predicted octanol–water partition coefficient (Wildman–Crippen LogP) is 3.71. The van der Waals surface area contributed by atoms with E-state index in [1.165, 1.54) is 4.88 Å². The molecule has 21 heavy (non-hydrogen) atoms. The average molecular weight is 322 g/mol. The molecule has 1 aliphatic carbocycles. The first-order valence-electron chi connectivity index (χ1n) is 6.97. The summed E-state index contributed by atoms with van der Waals surface area (Å²) in [6.07, 6.45) is 1.52. The van der Waals surface area contributed by atoms with Gasteiger partial charge in [-0.1, -0.05) is 19.9 Å². The Hall–Kier alpha value is -1.40. The molecule has 1 unspecified atom stereocenters. The number of carbonyl (C=O) groups is 1. The molecule has 2 aromatic heterocycles. The molecule has 1 atom stereocenters. The van der Waals surface area contributed by atoms with Crippen molar-refractivity contribution < 1.29 is 9.90 Å². The zero-order valence-electron chi connectivity index (χ0n) is 12.0. The number of anilines is 1. The van der Waals surface area contributed by atoms with E-state index in [2.05, 4.69) is 41.7 Å². The third kappa shape index (κ3) is 2.82. The van der Waals surface area contributed by atoms with Gasteiger partial charge in [-0.25, -0.2) is 4.98 Å². The maximum absolute atomic E-state index is 11.2. The van der Waals surface area contributed by atoms with Crippen molar-refractivity contribution in [2.24, 2.45) is 0 Å². The largest absolute Gasteiger partial charge is 0.481 e. The number of carboxylic acid groups (broad SMARTS) is 1. The fraction of sp³-hybridized carbons (Fsp3) is 0.467. The van der Waals surface area contributed by atoms with Crippen LogP contribution in [-0.4, -0.2) is 22.6 Å². The zero-order valence-corrected chi connectivity index (χ0v) is 13.7. The van der Waals surface area contributed by atoms with Gasteiger partial charge < -0.3 is 10.4 Å². The Kier molecular flexibility index (Phi) is 3.75. The summed E-state index contributed by atoms with van der Waals surface area (Å²) in [5.41, 5.74) is 0.806. The highest BCUT2D eigenvalue weighted by Gasteiger charge is 2.32. The van der Waals surface area contributed by atoms with Crippen molar-refractivity contribution in [2.45, 2.75) is 38.0 Å². The van der Waals surface area contributed by atoms with E-state index in [9.17, 15) is 9.90 Å². The maximum Gasteiger partial charge on any atom is 0.312 e. The third-order valence-corrected chi connectivity index (χ3v) is 6.21. The van der Waals surface area contributed by atoms with E-state index in [4.69, 9.17) is 0 Å². The van der Waals surface area contributed by atoms with Gasteiger partial charge in [0.25, 0.3) is 0 Å². The second-order valence-corrected chi connectivity index (χ2v) is 8.00. The van der Waals surface area contributed by atoms with E-state index in [1.54, 1.807) is 22.7 Å². The summed E-state index contributed by atoms with van der Waals surface area (Å²) in [6, 6.07) is 4.21. The van der Waals surface area contributed by atoms with Crippen LogP contribution in [0.2, 0.25) is 0 Å². The number of hydrogen-bond acceptors (Lipinski definition) is 5. The number of fused-ring (bicyclic) bond motifs is 1. The molecule has 112 valence electrons. The van der Waals surface area contributed by atoms with Gasteiger partial charge in [0, 0.05) is 21.7 Å². The summed E-state index contributed by atoms with van der Waals surface area (Å²) in [6.45, 7) is 5.19. The first-order valence-corrected chi connectivity index (χ1v) is 8.67. The molecular weight excluding hydrogens is 304 g/mol. The molecule has 0 amide bonds. The number of aromatic nitrogens is 1. The van der Waals surface area contributed by atoms with Gasteiger partial charge in [-0.15, -0.1) is 22.7 Å². The summed E-state index contributed by atoms with van der Waals surface area (Å²) in [5, 5.41) is 15.5. The van der Waals surface area contributed by atoms with Gasteiger partial charge in [0.15, 0.2) is 5.13 Å². The maximum atomic E-state index is 11.2. The van der Waals surface area contributed by atoms with E-state index in [0.29, 0.717) is 6.42 Å². The molecule has 0 aliphatic heterocycles. The highest BCUT2D eigenvalue weighted by Crippen LogP contribution is 2.38. The number of hydrogen-bond donors (Lipinski definition) is 2. The lowest BCUT2D eigenvalue weighted by molar-refractivity contribution is -0.138. The van der Waals surface area contributed by atoms with Gasteiger partial charge in [-0.05, 0) is 24.3 Å². The van der Waals surface area contributed by atoms with E-state index >= 15 is 0 Å². The molecule has 0 saturated carbocycles. The van der Waals surface area contributed by atoms with E-state index in [0.717, 1.165) is 28.7 Å². The zero-order chi connectivity index (χ0) is 15.0. The molecule has 2 aromatic rings. The van der Waals surface area contributed by atoms with Gasteiger partial charge >= 0.3 is 5.97 Å². The van der Waals surface area contributed by atoms with Crippen molar-refractivity contribution in [3.8, 4) is 0 Å². The summed E-state index contributed by atoms with van der Waals surface area (Å²) in [5.74, 6) is -1.18. The van der Waals surface area contributed by atoms with E-state index in [-0.39, 0.29) is 5.41 Å². The molecule has 2 N–H and O–H groups in total. The van der Waals surface area contributed by atoms with Crippen molar-refractivity contribution in [1.82, 2.24) is 4.98 Å². The number of thiophene rings is 1. The highest BCUT2D eigenvalue weighted by atomic mass is 32.1. The summed E-state index contributed by atoms with van der Waals surface area (Å²) in [7, 11) is 0. The molecule has 4 nitrogen and oxygen atoms in total. The van der Waals surface area contributed by atoms with Gasteiger partial charge in [0.05, 0.1) is 5.69 Å². The van der Waals surface area contributed by atoms with Crippen molar-refractivity contribution in [3.05, 3.63) is 33.0 Å². The van der Waals surface area contributed by atoms with Crippen molar-refractivity contribution in [1.29, 1.82) is 0 Å². The quantitative estimate of drug-likeness (QED) is 0.881. The van der Waals surface area contributed by atoms with Gasteiger partial charge in [-0.3, -0.25) is 4.79 Å². The highest BCUT2D eigenvalue weighted by molar-refractivity contribution is 7.15. The van der Waals surface area contributed by atoms with Gasteiger partial charge in [0.2, 0.25) is 0 Å². The van der Waals surface area contributed by atoms with Crippen LogP contribution in [0.1, 0.15) is 41.6 Å². The molecule has 0 bridgehead atoms. The van der Waals surface area contributed by atoms with Crippen LogP contribution < -0.4 is 5.32 Å². The topological polar surface area (TPSA) is 62.2 Å². The number of thiazole rings is 1. The van der Waals surface area contributed by atoms with Gasteiger partial charge in [-0.2, -0.15) is 0 Å². The molecule has 6 heteroatoms. The smallest absolute Gasteiger partial charge is 0.312 e. The van der Waals surface area contributed by atoms with Crippen LogP contribution in [0.5, 0.6) is 0 Å². The Morgan fingerprint density at radius 3 is 3.05 bits per heavy atom. The first-order chi connectivity index (χ1) is 9.97. The van der Waals surface area contributed by atoms with Crippen LogP contribution in [0.4, 0.5) is 5.13 Å². The molecule has 0 radical (unpaired) electrons. The van der Waals surface area contributed by atoms with Crippen LogP contribution in [-0.2, 0) is 16.6 Å². The normalized spacial score (nSPS) is 17.7. The molecule has 0 aromatic carbocycles. The Bertz CT molecular complexity index is 647. The second kappa shape index (κ2) is 5.42. The van der Waals surface area contributed by atoms with Crippen LogP contribution in [0, 0.1) is 0 Å². The van der Waals surface area contributed by atoms with Crippen molar-refractivity contribution in [3.63, 3.8) is 0 Å². The molecule has 0 saturated heterocycles. The number of nitrogens with zero attached hydrogens (tertiary/aromatic N) is 1. The fourth-order valence-corrected chi connectivity index (χ4v) is 4.48. The molecule has 0 spiro atoms. The lowest BCUT2D eigenvalue weighted by atomic mass is 9.91. The summed E-state index contributed by atoms with van der Waals surface area (Å²) < 4.78 is 0. The monoisotopic (exact) mass is 322 g/mol. The van der Waals surface area contributed by atoms with E-state index in [1.807, 2.05) is 0 Å². The summed E-state index contributed by atoms with van der Waals surface area (Å²) >= 11 is 3.36. The van der Waals surface area contributed by atoms with Crippen molar-refractivity contribution in [2.75, 3.05) is 11.9 Å². The Labute approximate surface area is 131 Å². The SMILES string of the molecule is CC(C)(CNc1nc2c(s1)CCC2C(=O)O)c1cccs1. The van der Waals surface area contributed by atoms with Crippen LogP contribution in [0.25, 0.3) is 0 Å². The molecule has 3 rings (SSSR count). The molecular formula is C15H18N2O2S2. The first kappa shape index (κ1) is 14.5. The fourth-order valence-electron chi connectivity index (χ4n) is 2.59. The summed E-state index contributed by atoms with van der Waals surface area (Å²) in [4.78, 5) is 18.2. The van der Waals surface area contributed by atoms with Crippen LogP contribution >= 0.6 is 22.7 Å². The Morgan fingerprint density at radius 2 is 2.38 bits per heavy atom. The minimum atomic E-state index is -0.760. The number of nitrogens with one attached hydrogen (secondary N) is 1. The predicted molar refractivity (Wildman–Crippen MR) is 86.6 cm³/mol. The second-order valence-electron chi connectivity index (χ2n) is 5.97. The Balaban J connectivity index is 1.70. The lowest BCUT2D eigenvalue weighted by Crippen LogP contribution is -2.26. The van der Waals surface area contributed by atoms with Crippen molar-refractivity contribution >= 4 is 33.8 Å². The number of aliphatic carboxylic acids is 1. The number of rotatable bonds is 5. The minimum absolute atomic E-state index is 0.0382. The van der Waals surface area contributed by atoms with Crippen LogP contribution in [0.15, 0.2) is 17.5 Å². The van der Waals surface area contributed by atoms with Gasteiger partial charge in [0.1, 0.15) is 5.92 Å². The molecule has 1 aliphatic rings. The van der Waals surface area contributed by atoms with E-state index < -0.39 is 11.9 Å². The lowest BCUT2D eigenvalue weighted by Gasteiger charge is -2.23. The molecule has 2 heterocycles. The number of carboxylic acids is 1. The number of aryl methyl sites for hydroxylation is 1. The molecule has 0 fully saturated rings. The minimum Gasteiger partial charge on any atom is -0.481 e. The average Bonchev–Trinajstić information content (AvgIpc) is 3.12. The van der Waals surface area contributed by atoms with Crippen LogP contribution in [0.3, 0.4) is 0 Å².